The van der Waals surface area contributed by atoms with Gasteiger partial charge in [0, 0.05) is 11.1 Å². The van der Waals surface area contributed by atoms with Gasteiger partial charge in [-0.05, 0) is 30.3 Å². The van der Waals surface area contributed by atoms with Crippen molar-refractivity contribution in [3.8, 4) is 11.5 Å². The van der Waals surface area contributed by atoms with Crippen LogP contribution in [0.2, 0.25) is 5.02 Å². The summed E-state index contributed by atoms with van der Waals surface area (Å²) in [5, 5.41) is 0.113. The van der Waals surface area contributed by atoms with Gasteiger partial charge in [-0.1, -0.05) is 11.6 Å². The summed E-state index contributed by atoms with van der Waals surface area (Å²) in [6.07, 6.45) is 0. The van der Waals surface area contributed by atoms with Crippen molar-refractivity contribution in [2.75, 3.05) is 18.9 Å². The molecule has 0 radical (unpaired) electrons. The van der Waals surface area contributed by atoms with Crippen molar-refractivity contribution in [2.45, 2.75) is 4.90 Å². The van der Waals surface area contributed by atoms with Crippen LogP contribution < -0.4 is 14.2 Å². The predicted octanol–water partition coefficient (Wildman–Crippen LogP) is 3.30. The number of hydrogen-bond donors (Lipinski definition) is 1. The van der Waals surface area contributed by atoms with Gasteiger partial charge >= 0.3 is 0 Å². The molecule has 0 saturated carbocycles. The van der Waals surface area contributed by atoms with Crippen LogP contribution in [0.3, 0.4) is 0 Å². The fourth-order valence-corrected chi connectivity index (χ4v) is 3.07. The minimum atomic E-state index is -4.09. The van der Waals surface area contributed by atoms with E-state index < -0.39 is 20.7 Å². The van der Waals surface area contributed by atoms with Crippen LogP contribution >= 0.6 is 11.6 Å². The number of ether oxygens (including phenoxy) is 2. The molecule has 5 nitrogen and oxygen atoms in total. The number of halogens is 2. The molecule has 2 aromatic carbocycles. The average Bonchev–Trinajstić information content (AvgIpc) is 2.46. The van der Waals surface area contributed by atoms with Crippen LogP contribution in [0.25, 0.3) is 0 Å². The zero-order chi connectivity index (χ0) is 16.3. The van der Waals surface area contributed by atoms with Crippen molar-refractivity contribution in [3.63, 3.8) is 0 Å². The van der Waals surface area contributed by atoms with E-state index in [1.807, 2.05) is 0 Å². The summed E-state index contributed by atoms with van der Waals surface area (Å²) in [4.78, 5) is -0.494. The molecule has 0 unspecified atom stereocenters. The lowest BCUT2D eigenvalue weighted by Gasteiger charge is -2.12. The Balaban J connectivity index is 2.36. The van der Waals surface area contributed by atoms with Crippen molar-refractivity contribution in [1.82, 2.24) is 0 Å². The number of nitrogens with one attached hydrogen (secondary N) is 1. The molecule has 0 aliphatic rings. The molecule has 0 heterocycles. The van der Waals surface area contributed by atoms with Gasteiger partial charge < -0.3 is 9.47 Å². The van der Waals surface area contributed by atoms with E-state index in [9.17, 15) is 12.8 Å². The van der Waals surface area contributed by atoms with Gasteiger partial charge in [0.25, 0.3) is 10.0 Å². The highest BCUT2D eigenvalue weighted by Crippen LogP contribution is 2.31. The maximum atomic E-state index is 13.8. The molecule has 1 N–H and O–H groups in total. The molecule has 22 heavy (non-hydrogen) atoms. The normalized spacial score (nSPS) is 11.1. The van der Waals surface area contributed by atoms with E-state index in [0.717, 1.165) is 12.1 Å². The molecule has 0 aliphatic carbocycles. The number of rotatable bonds is 5. The number of hydrogen-bond acceptors (Lipinski definition) is 4. The van der Waals surface area contributed by atoms with Gasteiger partial charge in [-0.15, -0.1) is 0 Å². The second-order valence-electron chi connectivity index (χ2n) is 4.25. The fourth-order valence-electron chi connectivity index (χ4n) is 1.80. The lowest BCUT2D eigenvalue weighted by molar-refractivity contribution is 0.355. The molecule has 8 heteroatoms. The van der Waals surface area contributed by atoms with E-state index in [0.29, 0.717) is 11.5 Å². The Kier molecular flexibility index (Phi) is 4.77. The first kappa shape index (κ1) is 16.4. The molecule has 0 aromatic heterocycles. The first-order valence-corrected chi connectivity index (χ1v) is 7.93. The van der Waals surface area contributed by atoms with Gasteiger partial charge in [-0.25, -0.2) is 12.8 Å². The van der Waals surface area contributed by atoms with Crippen LogP contribution in [0.15, 0.2) is 41.3 Å². The van der Waals surface area contributed by atoms with Crippen molar-refractivity contribution >= 4 is 27.3 Å². The van der Waals surface area contributed by atoms with Gasteiger partial charge in [-0.3, -0.25) is 4.72 Å². The number of anilines is 1. The van der Waals surface area contributed by atoms with Crippen molar-refractivity contribution in [3.05, 3.63) is 47.2 Å². The van der Waals surface area contributed by atoms with Crippen LogP contribution in [-0.4, -0.2) is 22.6 Å². The molecule has 2 rings (SSSR count). The summed E-state index contributed by atoms with van der Waals surface area (Å²) < 4.78 is 50.6. The van der Waals surface area contributed by atoms with E-state index in [2.05, 4.69) is 4.72 Å². The maximum absolute atomic E-state index is 13.8. The molecule has 0 aliphatic heterocycles. The largest absolute Gasteiger partial charge is 0.493 e. The zero-order valence-corrected chi connectivity index (χ0v) is 13.3. The lowest BCUT2D eigenvalue weighted by Crippen LogP contribution is -2.14. The van der Waals surface area contributed by atoms with Crippen LogP contribution in [-0.2, 0) is 10.0 Å². The summed E-state index contributed by atoms with van der Waals surface area (Å²) in [6.45, 7) is 0. The Bertz CT molecular complexity index is 795. The summed E-state index contributed by atoms with van der Waals surface area (Å²) in [7, 11) is -1.20. The summed E-state index contributed by atoms with van der Waals surface area (Å²) in [5.74, 6) is -0.136. The molecule has 0 saturated heterocycles. The molecule has 0 amide bonds. The van der Waals surface area contributed by atoms with Gasteiger partial charge in [0.1, 0.15) is 10.7 Å². The standard InChI is InChI=1S/C14H13ClFNO4S/c1-20-12-5-4-10(8-13(12)21-2)17-22(18,19)14-6-3-9(15)7-11(14)16/h3-8,17H,1-2H3. The van der Waals surface area contributed by atoms with E-state index in [1.165, 1.54) is 38.5 Å². The molecule has 0 bridgehead atoms. The SMILES string of the molecule is COc1ccc(NS(=O)(=O)c2ccc(Cl)cc2F)cc1OC. The van der Waals surface area contributed by atoms with Crippen molar-refractivity contribution < 1.29 is 22.3 Å². The Hall–Kier alpha value is -1.99. The summed E-state index contributed by atoms with van der Waals surface area (Å²) in [6, 6.07) is 7.78. The molecular weight excluding hydrogens is 333 g/mol. The third-order valence-corrected chi connectivity index (χ3v) is 4.47. The zero-order valence-electron chi connectivity index (χ0n) is 11.8. The van der Waals surface area contributed by atoms with Crippen LogP contribution in [0.5, 0.6) is 11.5 Å². The number of methoxy groups -OCH3 is 2. The van der Waals surface area contributed by atoms with Crippen LogP contribution in [0.1, 0.15) is 0 Å². The molecule has 2 aromatic rings. The van der Waals surface area contributed by atoms with Gasteiger partial charge in [0.05, 0.1) is 19.9 Å². The molecular formula is C14H13ClFNO4S. The Labute approximate surface area is 132 Å². The highest BCUT2D eigenvalue weighted by molar-refractivity contribution is 7.92. The summed E-state index contributed by atoms with van der Waals surface area (Å²) in [5.41, 5.74) is 0.215. The minimum Gasteiger partial charge on any atom is -0.493 e. The molecule has 118 valence electrons. The monoisotopic (exact) mass is 345 g/mol. The van der Waals surface area contributed by atoms with Crippen LogP contribution in [0.4, 0.5) is 10.1 Å². The minimum absolute atomic E-state index is 0.113. The van der Waals surface area contributed by atoms with Crippen molar-refractivity contribution in [1.29, 1.82) is 0 Å². The van der Waals surface area contributed by atoms with E-state index >= 15 is 0 Å². The first-order chi connectivity index (χ1) is 10.4. The second-order valence-corrected chi connectivity index (χ2v) is 6.34. The molecule has 0 atom stereocenters. The Morgan fingerprint density at radius 1 is 1.05 bits per heavy atom. The smallest absolute Gasteiger partial charge is 0.264 e. The van der Waals surface area contributed by atoms with Crippen LogP contribution in [0, 0.1) is 5.82 Å². The fraction of sp³-hybridized carbons (Fsp3) is 0.143. The van der Waals surface area contributed by atoms with Gasteiger partial charge in [-0.2, -0.15) is 0 Å². The van der Waals surface area contributed by atoms with Gasteiger partial charge in [0.2, 0.25) is 0 Å². The summed E-state index contributed by atoms with van der Waals surface area (Å²) >= 11 is 5.61. The third kappa shape index (κ3) is 3.42. The lowest BCUT2D eigenvalue weighted by atomic mass is 10.3. The van der Waals surface area contributed by atoms with Crippen molar-refractivity contribution in [2.24, 2.45) is 0 Å². The van der Waals surface area contributed by atoms with E-state index in [1.54, 1.807) is 0 Å². The Morgan fingerprint density at radius 3 is 2.32 bits per heavy atom. The predicted molar refractivity (Wildman–Crippen MR) is 81.8 cm³/mol. The van der Waals surface area contributed by atoms with E-state index in [-0.39, 0.29) is 10.7 Å². The second kappa shape index (κ2) is 6.41. The highest BCUT2D eigenvalue weighted by Gasteiger charge is 2.20. The topological polar surface area (TPSA) is 64.6 Å². The number of sulfonamides is 1. The average molecular weight is 346 g/mol. The van der Waals surface area contributed by atoms with E-state index in [4.69, 9.17) is 21.1 Å². The quantitative estimate of drug-likeness (QED) is 0.903. The molecule has 0 spiro atoms. The third-order valence-electron chi connectivity index (χ3n) is 2.82. The Morgan fingerprint density at radius 2 is 1.73 bits per heavy atom. The molecule has 0 fully saturated rings. The number of benzene rings is 2. The highest BCUT2D eigenvalue weighted by atomic mass is 35.5. The van der Waals surface area contributed by atoms with Gasteiger partial charge in [0.15, 0.2) is 11.5 Å². The maximum Gasteiger partial charge on any atom is 0.264 e. The first-order valence-electron chi connectivity index (χ1n) is 6.07.